The smallest absolute Gasteiger partial charge is 0.246 e. The van der Waals surface area contributed by atoms with Crippen molar-refractivity contribution in [2.75, 3.05) is 25.2 Å². The van der Waals surface area contributed by atoms with Gasteiger partial charge in [-0.05, 0) is 18.8 Å². The molecule has 0 aromatic carbocycles. The van der Waals surface area contributed by atoms with Crippen LogP contribution in [0.1, 0.15) is 46.5 Å². The number of rotatable bonds is 8. The quantitative estimate of drug-likeness (QED) is 0.716. The Morgan fingerprint density at radius 1 is 1.39 bits per heavy atom. The van der Waals surface area contributed by atoms with Crippen LogP contribution in [0.15, 0.2) is 0 Å². The summed E-state index contributed by atoms with van der Waals surface area (Å²) in [4.78, 5) is 28.3. The Kier molecular flexibility index (Phi) is 10.9. The van der Waals surface area contributed by atoms with E-state index >= 15 is 0 Å². The molecule has 1 aliphatic heterocycles. The first kappa shape index (κ1) is 22.5. The number of nitrogens with zero attached hydrogens (tertiary/aromatic N) is 2. The maximum atomic E-state index is 12.6. The van der Waals surface area contributed by atoms with E-state index in [-0.39, 0.29) is 36.3 Å². The minimum Gasteiger partial charge on any atom is -0.344 e. The number of carbonyl (C=O) groups excluding carboxylic acids is 2. The lowest BCUT2D eigenvalue weighted by molar-refractivity contribution is -0.142. The Bertz CT molecular complexity index is 382. The molecule has 1 fully saturated rings. The van der Waals surface area contributed by atoms with E-state index in [1.807, 2.05) is 7.05 Å². The van der Waals surface area contributed by atoms with Gasteiger partial charge in [0.1, 0.15) is 6.04 Å². The van der Waals surface area contributed by atoms with Gasteiger partial charge in [-0.3, -0.25) is 9.59 Å². The Balaban J connectivity index is 0.00000484. The van der Waals surface area contributed by atoms with Gasteiger partial charge in [0.25, 0.3) is 0 Å². The second-order valence-electron chi connectivity index (χ2n) is 6.44. The molecule has 1 heterocycles. The normalized spacial score (nSPS) is 18.7. The van der Waals surface area contributed by atoms with E-state index < -0.39 is 0 Å². The van der Waals surface area contributed by atoms with Crippen molar-refractivity contribution < 1.29 is 9.59 Å². The first-order chi connectivity index (χ1) is 10.4. The molecule has 23 heavy (non-hydrogen) atoms. The van der Waals surface area contributed by atoms with Gasteiger partial charge in [-0.2, -0.15) is 0 Å². The zero-order valence-corrected chi connectivity index (χ0v) is 16.4. The summed E-state index contributed by atoms with van der Waals surface area (Å²) in [6.07, 6.45) is 3.23. The highest BCUT2D eigenvalue weighted by atomic mass is 35.5. The van der Waals surface area contributed by atoms with Crippen molar-refractivity contribution in [2.24, 2.45) is 11.7 Å². The molecular formula is C16H32ClN3O2S. The van der Waals surface area contributed by atoms with Crippen LogP contribution in [-0.4, -0.2) is 58.9 Å². The van der Waals surface area contributed by atoms with Gasteiger partial charge in [0.15, 0.2) is 0 Å². The molecule has 2 atom stereocenters. The molecular weight excluding hydrogens is 334 g/mol. The fourth-order valence-electron chi connectivity index (χ4n) is 2.41. The number of hydrogen-bond acceptors (Lipinski definition) is 4. The van der Waals surface area contributed by atoms with Crippen LogP contribution in [0.3, 0.4) is 0 Å². The molecule has 0 saturated carbocycles. The van der Waals surface area contributed by atoms with E-state index in [0.29, 0.717) is 30.5 Å². The zero-order valence-electron chi connectivity index (χ0n) is 14.8. The Morgan fingerprint density at radius 2 is 2.04 bits per heavy atom. The third-order valence-electron chi connectivity index (χ3n) is 4.26. The van der Waals surface area contributed by atoms with Crippen LogP contribution in [0, 0.1) is 5.92 Å². The molecule has 0 aliphatic carbocycles. The number of carbonyl (C=O) groups is 2. The molecule has 1 saturated heterocycles. The fourth-order valence-corrected chi connectivity index (χ4v) is 3.58. The summed E-state index contributed by atoms with van der Waals surface area (Å²) in [5.41, 5.74) is 6.04. The van der Waals surface area contributed by atoms with Crippen molar-refractivity contribution in [1.29, 1.82) is 0 Å². The van der Waals surface area contributed by atoms with Crippen LogP contribution in [0.2, 0.25) is 0 Å². The number of likely N-dealkylation sites (N-methyl/N-ethyl adjacent to an activating group) is 1. The van der Waals surface area contributed by atoms with Gasteiger partial charge in [0.2, 0.25) is 11.8 Å². The van der Waals surface area contributed by atoms with Gasteiger partial charge in [-0.15, -0.1) is 24.2 Å². The minimum atomic E-state index is -0.297. The molecule has 2 unspecified atom stereocenters. The van der Waals surface area contributed by atoms with Gasteiger partial charge >= 0.3 is 0 Å². The first-order valence-electron chi connectivity index (χ1n) is 8.26. The maximum Gasteiger partial charge on any atom is 0.246 e. The van der Waals surface area contributed by atoms with Crippen molar-refractivity contribution >= 4 is 36.0 Å². The van der Waals surface area contributed by atoms with Gasteiger partial charge in [-0.1, -0.05) is 27.2 Å². The summed E-state index contributed by atoms with van der Waals surface area (Å²) >= 11 is 1.66. The zero-order chi connectivity index (χ0) is 16.7. The minimum absolute atomic E-state index is 0. The number of nitrogens with two attached hydrogens (primary N) is 1. The highest BCUT2D eigenvalue weighted by molar-refractivity contribution is 7.99. The van der Waals surface area contributed by atoms with Crippen molar-refractivity contribution in [3.63, 3.8) is 0 Å². The molecule has 1 rings (SSSR count). The lowest BCUT2D eigenvalue weighted by Crippen LogP contribution is -2.48. The van der Waals surface area contributed by atoms with Crippen LogP contribution in [0.25, 0.3) is 0 Å². The summed E-state index contributed by atoms with van der Waals surface area (Å²) in [6, 6.07) is -0.190. The maximum absolute atomic E-state index is 12.6. The van der Waals surface area contributed by atoms with Crippen molar-refractivity contribution in [3.8, 4) is 0 Å². The van der Waals surface area contributed by atoms with Crippen LogP contribution < -0.4 is 5.73 Å². The van der Waals surface area contributed by atoms with Crippen molar-refractivity contribution in [2.45, 2.75) is 58.5 Å². The second kappa shape index (κ2) is 11.2. The van der Waals surface area contributed by atoms with Gasteiger partial charge in [0, 0.05) is 31.8 Å². The molecule has 0 aromatic rings. The Hall–Kier alpha value is -0.460. The van der Waals surface area contributed by atoms with Crippen LogP contribution in [-0.2, 0) is 9.59 Å². The standard InChI is InChI=1S/C16H31N3O2S.ClH/c1-5-6-7-15(20)19-11-22-10-14(19)16(21)18(4)9-8-13(17)12(2)3;/h12-14H,5-11,17H2,1-4H3;1H. The topological polar surface area (TPSA) is 66.6 Å². The van der Waals surface area contributed by atoms with E-state index in [0.717, 1.165) is 19.3 Å². The Morgan fingerprint density at radius 3 is 2.61 bits per heavy atom. The number of amides is 2. The van der Waals surface area contributed by atoms with Gasteiger partial charge < -0.3 is 15.5 Å². The molecule has 2 N–H and O–H groups in total. The molecule has 1 aliphatic rings. The number of halogens is 1. The molecule has 0 radical (unpaired) electrons. The monoisotopic (exact) mass is 365 g/mol. The van der Waals surface area contributed by atoms with E-state index in [1.54, 1.807) is 21.6 Å². The molecule has 0 bridgehead atoms. The molecule has 0 aromatic heterocycles. The molecule has 7 heteroatoms. The Labute approximate surface area is 151 Å². The SMILES string of the molecule is CCCCC(=O)N1CSCC1C(=O)N(C)CCC(N)C(C)C.Cl. The first-order valence-corrected chi connectivity index (χ1v) is 9.41. The molecule has 5 nitrogen and oxygen atoms in total. The second-order valence-corrected chi connectivity index (χ2v) is 7.44. The van der Waals surface area contributed by atoms with Crippen LogP contribution in [0.5, 0.6) is 0 Å². The summed E-state index contributed by atoms with van der Waals surface area (Å²) in [5, 5.41) is 0. The molecule has 136 valence electrons. The molecule has 0 spiro atoms. The van der Waals surface area contributed by atoms with E-state index in [4.69, 9.17) is 5.73 Å². The lowest BCUT2D eigenvalue weighted by Gasteiger charge is -2.28. The number of thioether (sulfide) groups is 1. The number of unbranched alkanes of at least 4 members (excludes halogenated alkanes) is 1. The summed E-state index contributed by atoms with van der Waals surface area (Å²) in [7, 11) is 1.81. The fraction of sp³-hybridized carbons (Fsp3) is 0.875. The van der Waals surface area contributed by atoms with Crippen LogP contribution >= 0.6 is 24.2 Å². The summed E-state index contributed by atoms with van der Waals surface area (Å²) < 4.78 is 0. The highest BCUT2D eigenvalue weighted by Gasteiger charge is 2.35. The number of hydrogen-bond donors (Lipinski definition) is 1. The largest absolute Gasteiger partial charge is 0.344 e. The third kappa shape index (κ3) is 6.89. The average Bonchev–Trinajstić information content (AvgIpc) is 2.98. The van der Waals surface area contributed by atoms with Crippen molar-refractivity contribution in [3.05, 3.63) is 0 Å². The third-order valence-corrected chi connectivity index (χ3v) is 5.27. The van der Waals surface area contributed by atoms with Gasteiger partial charge in [-0.25, -0.2) is 0 Å². The van der Waals surface area contributed by atoms with Gasteiger partial charge in [0.05, 0.1) is 5.88 Å². The predicted molar refractivity (Wildman–Crippen MR) is 99.8 cm³/mol. The predicted octanol–water partition coefficient (Wildman–Crippen LogP) is 2.33. The van der Waals surface area contributed by atoms with Crippen LogP contribution in [0.4, 0.5) is 0 Å². The lowest BCUT2D eigenvalue weighted by atomic mass is 10.0. The summed E-state index contributed by atoms with van der Waals surface area (Å²) in [5.74, 6) is 1.91. The average molecular weight is 366 g/mol. The summed E-state index contributed by atoms with van der Waals surface area (Å²) in [6.45, 7) is 6.90. The van der Waals surface area contributed by atoms with E-state index in [1.165, 1.54) is 0 Å². The highest BCUT2D eigenvalue weighted by Crippen LogP contribution is 2.23. The van der Waals surface area contributed by atoms with E-state index in [2.05, 4.69) is 20.8 Å². The van der Waals surface area contributed by atoms with E-state index in [9.17, 15) is 9.59 Å². The van der Waals surface area contributed by atoms with Crippen molar-refractivity contribution in [1.82, 2.24) is 9.80 Å². The molecule has 2 amide bonds.